The monoisotopic (exact) mass is 223 g/mol. The van der Waals surface area contributed by atoms with Crippen molar-refractivity contribution in [2.24, 2.45) is 0 Å². The second-order valence-corrected chi connectivity index (χ2v) is 3.46. The Labute approximate surface area is 90.3 Å². The largest absolute Gasteiger partial charge is 0.462 e. The lowest BCUT2D eigenvalue weighted by atomic mass is 10.4. The number of nitrogens with zero attached hydrogens (tertiary/aromatic N) is 3. The molecular weight excluding hydrogens is 214 g/mol. The Morgan fingerprint density at radius 1 is 1.67 bits per heavy atom. The van der Waals surface area contributed by atoms with Gasteiger partial charge in [0.25, 0.3) is 0 Å². The van der Waals surface area contributed by atoms with Crippen LogP contribution in [0, 0.1) is 0 Å². The molecule has 0 saturated heterocycles. The average Bonchev–Trinajstić information content (AvgIpc) is 2.89. The number of carbonyl (C=O) groups is 1. The first kappa shape index (κ1) is 9.85. The van der Waals surface area contributed by atoms with E-state index in [1.54, 1.807) is 23.3 Å². The molecular formula is C9H9N3O2S. The highest BCUT2D eigenvalue weighted by Crippen LogP contribution is 2.09. The van der Waals surface area contributed by atoms with Gasteiger partial charge in [0.15, 0.2) is 5.82 Å². The van der Waals surface area contributed by atoms with Crippen molar-refractivity contribution < 1.29 is 9.53 Å². The van der Waals surface area contributed by atoms with Gasteiger partial charge in [-0.15, -0.1) is 11.3 Å². The minimum Gasteiger partial charge on any atom is -0.462 e. The molecule has 5 nitrogen and oxygen atoms in total. The molecule has 0 amide bonds. The van der Waals surface area contributed by atoms with Crippen molar-refractivity contribution >= 4 is 17.3 Å². The molecule has 0 atom stereocenters. The summed E-state index contributed by atoms with van der Waals surface area (Å²) in [5.41, 5.74) is 2.14. The fourth-order valence-corrected chi connectivity index (χ4v) is 1.61. The number of rotatable bonds is 3. The van der Waals surface area contributed by atoms with E-state index >= 15 is 0 Å². The van der Waals surface area contributed by atoms with Crippen LogP contribution < -0.4 is 0 Å². The molecule has 0 N–H and O–H groups in total. The van der Waals surface area contributed by atoms with Crippen molar-refractivity contribution in [2.75, 3.05) is 6.61 Å². The third-order valence-electron chi connectivity index (χ3n) is 1.75. The molecule has 0 aliphatic carbocycles. The van der Waals surface area contributed by atoms with Crippen LogP contribution >= 0.6 is 11.3 Å². The molecule has 0 aliphatic rings. The molecule has 2 rings (SSSR count). The predicted molar refractivity (Wildman–Crippen MR) is 55.2 cm³/mol. The normalized spacial score (nSPS) is 10.2. The molecule has 0 aromatic carbocycles. The van der Waals surface area contributed by atoms with Crippen molar-refractivity contribution in [3.8, 4) is 5.82 Å². The van der Waals surface area contributed by atoms with Crippen LogP contribution in [0.2, 0.25) is 0 Å². The fourth-order valence-electron chi connectivity index (χ4n) is 1.09. The Hall–Kier alpha value is -1.69. The highest BCUT2D eigenvalue weighted by molar-refractivity contribution is 7.07. The summed E-state index contributed by atoms with van der Waals surface area (Å²) in [4.78, 5) is 15.4. The highest BCUT2D eigenvalue weighted by atomic mass is 32.1. The van der Waals surface area contributed by atoms with E-state index < -0.39 is 0 Å². The van der Waals surface area contributed by atoms with Gasteiger partial charge in [-0.25, -0.2) is 14.5 Å². The highest BCUT2D eigenvalue weighted by Gasteiger charge is 2.10. The van der Waals surface area contributed by atoms with Gasteiger partial charge in [0.1, 0.15) is 0 Å². The molecule has 0 radical (unpaired) electrons. The Morgan fingerprint density at radius 2 is 2.53 bits per heavy atom. The van der Waals surface area contributed by atoms with E-state index in [4.69, 9.17) is 4.74 Å². The van der Waals surface area contributed by atoms with E-state index in [0.29, 0.717) is 18.0 Å². The quantitative estimate of drug-likeness (QED) is 0.740. The third kappa shape index (κ3) is 2.04. The number of hydrogen-bond acceptors (Lipinski definition) is 5. The Balaban J connectivity index is 2.21. The van der Waals surface area contributed by atoms with Crippen molar-refractivity contribution in [1.82, 2.24) is 14.8 Å². The van der Waals surface area contributed by atoms with Gasteiger partial charge in [-0.3, -0.25) is 0 Å². The number of esters is 1. The van der Waals surface area contributed by atoms with Gasteiger partial charge in [-0.05, 0) is 6.92 Å². The number of aromatic nitrogens is 3. The predicted octanol–water partition coefficient (Wildman–Crippen LogP) is 1.51. The van der Waals surface area contributed by atoms with Gasteiger partial charge < -0.3 is 4.74 Å². The lowest BCUT2D eigenvalue weighted by Crippen LogP contribution is -2.03. The van der Waals surface area contributed by atoms with E-state index in [9.17, 15) is 4.79 Å². The van der Waals surface area contributed by atoms with Crippen molar-refractivity contribution in [3.05, 3.63) is 28.8 Å². The summed E-state index contributed by atoms with van der Waals surface area (Å²) in [6.07, 6.45) is 3.07. The minimum atomic E-state index is -0.362. The number of hydrogen-bond donors (Lipinski definition) is 0. The second-order valence-electron chi connectivity index (χ2n) is 2.74. The lowest BCUT2D eigenvalue weighted by molar-refractivity contribution is 0.0526. The standard InChI is InChI=1S/C9H9N3O2S/c1-2-14-9(13)7-3-11-12(4-7)8-5-15-6-10-8/h3-6H,2H2,1H3. The maximum absolute atomic E-state index is 11.3. The topological polar surface area (TPSA) is 57.0 Å². The molecule has 0 unspecified atom stereocenters. The Morgan fingerprint density at radius 3 is 3.20 bits per heavy atom. The van der Waals surface area contributed by atoms with Crippen LogP contribution in [-0.2, 0) is 4.74 Å². The number of carbonyl (C=O) groups excluding carboxylic acids is 1. The van der Waals surface area contributed by atoms with Crippen molar-refractivity contribution in [3.63, 3.8) is 0 Å². The first-order valence-electron chi connectivity index (χ1n) is 4.41. The molecule has 6 heteroatoms. The summed E-state index contributed by atoms with van der Waals surface area (Å²) in [5.74, 6) is 0.342. The van der Waals surface area contributed by atoms with Crippen LogP contribution in [0.25, 0.3) is 5.82 Å². The summed E-state index contributed by atoms with van der Waals surface area (Å²) in [7, 11) is 0. The van der Waals surface area contributed by atoms with Crippen LogP contribution in [0.3, 0.4) is 0 Å². The van der Waals surface area contributed by atoms with Crippen LogP contribution in [0.15, 0.2) is 23.3 Å². The van der Waals surface area contributed by atoms with Crippen LogP contribution in [0.1, 0.15) is 17.3 Å². The van der Waals surface area contributed by atoms with E-state index in [1.807, 2.05) is 5.38 Å². The Bertz CT molecular complexity index is 450. The molecule has 2 aromatic heterocycles. The van der Waals surface area contributed by atoms with Crippen LogP contribution in [0.4, 0.5) is 0 Å². The zero-order chi connectivity index (χ0) is 10.7. The van der Waals surface area contributed by atoms with E-state index in [1.165, 1.54) is 17.5 Å². The zero-order valence-electron chi connectivity index (χ0n) is 8.08. The summed E-state index contributed by atoms with van der Waals surface area (Å²) in [5, 5.41) is 5.87. The van der Waals surface area contributed by atoms with Crippen molar-refractivity contribution in [1.29, 1.82) is 0 Å². The van der Waals surface area contributed by atoms with Gasteiger partial charge in [-0.2, -0.15) is 5.10 Å². The van der Waals surface area contributed by atoms with E-state index in [2.05, 4.69) is 10.1 Å². The maximum atomic E-state index is 11.3. The second kappa shape index (κ2) is 4.22. The summed E-state index contributed by atoms with van der Waals surface area (Å²) >= 11 is 1.47. The Kier molecular flexibility index (Phi) is 2.77. The van der Waals surface area contributed by atoms with Crippen LogP contribution in [-0.4, -0.2) is 27.3 Å². The van der Waals surface area contributed by atoms with Gasteiger partial charge in [-0.1, -0.05) is 0 Å². The lowest BCUT2D eigenvalue weighted by Gasteiger charge is -1.96. The molecule has 0 aliphatic heterocycles. The van der Waals surface area contributed by atoms with Gasteiger partial charge in [0.05, 0.1) is 23.9 Å². The molecule has 2 heterocycles. The SMILES string of the molecule is CCOC(=O)c1cnn(-c2cscn2)c1. The number of ether oxygens (including phenoxy) is 1. The molecule has 2 aromatic rings. The fraction of sp³-hybridized carbons (Fsp3) is 0.222. The molecule has 0 spiro atoms. The van der Waals surface area contributed by atoms with Gasteiger partial charge in [0, 0.05) is 11.6 Å². The maximum Gasteiger partial charge on any atom is 0.341 e. The first-order valence-corrected chi connectivity index (χ1v) is 5.36. The van der Waals surface area contributed by atoms with Crippen molar-refractivity contribution in [2.45, 2.75) is 6.92 Å². The molecule has 0 fully saturated rings. The molecule has 0 saturated carbocycles. The summed E-state index contributed by atoms with van der Waals surface area (Å²) in [6.45, 7) is 2.13. The van der Waals surface area contributed by atoms with Gasteiger partial charge >= 0.3 is 5.97 Å². The molecule has 0 bridgehead atoms. The molecule has 78 valence electrons. The van der Waals surface area contributed by atoms with Gasteiger partial charge in [0.2, 0.25) is 0 Å². The minimum absolute atomic E-state index is 0.362. The number of thiazole rings is 1. The summed E-state index contributed by atoms with van der Waals surface area (Å²) in [6, 6.07) is 0. The summed E-state index contributed by atoms with van der Waals surface area (Å²) < 4.78 is 6.39. The third-order valence-corrected chi connectivity index (χ3v) is 2.32. The molecule has 15 heavy (non-hydrogen) atoms. The smallest absolute Gasteiger partial charge is 0.341 e. The van der Waals surface area contributed by atoms with Crippen LogP contribution in [0.5, 0.6) is 0 Å². The average molecular weight is 223 g/mol. The first-order chi connectivity index (χ1) is 7.31. The zero-order valence-corrected chi connectivity index (χ0v) is 8.90. The van der Waals surface area contributed by atoms with E-state index in [0.717, 1.165) is 0 Å². The van der Waals surface area contributed by atoms with E-state index in [-0.39, 0.29) is 5.97 Å².